The highest BCUT2D eigenvalue weighted by Crippen LogP contribution is 2.23. The number of para-hydroxylation sites is 2. The van der Waals surface area contributed by atoms with Crippen LogP contribution in [0.5, 0.6) is 0 Å². The monoisotopic (exact) mass is 201 g/mol. The topological polar surface area (TPSA) is 46.5 Å². The molecule has 0 bridgehead atoms. The average molecular weight is 201 g/mol. The van der Waals surface area contributed by atoms with Crippen LogP contribution in [-0.2, 0) is 13.6 Å². The Balaban J connectivity index is 2.12. The van der Waals surface area contributed by atoms with Gasteiger partial charge < -0.3 is 5.32 Å². The van der Waals surface area contributed by atoms with Crippen LogP contribution in [0.15, 0.2) is 30.5 Å². The zero-order valence-corrected chi connectivity index (χ0v) is 8.57. The predicted molar refractivity (Wildman–Crippen MR) is 58.2 cm³/mol. The van der Waals surface area contributed by atoms with Crippen molar-refractivity contribution >= 4 is 17.2 Å². The zero-order chi connectivity index (χ0) is 10.3. The molecule has 2 aromatic rings. The molecule has 0 radical (unpaired) electrons. The molecule has 1 aliphatic heterocycles. The third-order valence-electron chi connectivity index (χ3n) is 2.79. The van der Waals surface area contributed by atoms with Gasteiger partial charge in [0.05, 0.1) is 17.4 Å². The molecule has 0 saturated carbocycles. The summed E-state index contributed by atoms with van der Waals surface area (Å²) in [6, 6.07) is 8.32. The Morgan fingerprint density at radius 1 is 1.40 bits per heavy atom. The van der Waals surface area contributed by atoms with Crippen LogP contribution in [0.2, 0.25) is 0 Å². The van der Waals surface area contributed by atoms with E-state index in [9.17, 15) is 0 Å². The third-order valence-corrected chi connectivity index (χ3v) is 2.79. The molecule has 0 atom stereocenters. The molecule has 0 spiro atoms. The van der Waals surface area contributed by atoms with Gasteiger partial charge in [-0.2, -0.15) is 5.10 Å². The number of benzene rings is 1. The smallest absolute Gasteiger partial charge is 0.232 e. The van der Waals surface area contributed by atoms with Crippen molar-refractivity contribution in [1.82, 2.24) is 9.78 Å². The number of fused-ring (bicyclic) bond motifs is 2. The van der Waals surface area contributed by atoms with Gasteiger partial charge in [-0.25, -0.2) is 4.68 Å². The van der Waals surface area contributed by atoms with E-state index in [0.29, 0.717) is 0 Å². The number of anilines is 1. The number of nitrogens with two attached hydrogens (primary N) is 1. The molecule has 1 aliphatic rings. The van der Waals surface area contributed by atoms with Crippen LogP contribution >= 0.6 is 0 Å². The number of rotatable bonds is 0. The third kappa shape index (κ3) is 1.30. The maximum Gasteiger partial charge on any atom is 0.232 e. The molecule has 1 aromatic heterocycles. The number of aryl methyl sites for hydroxylation is 1. The molecule has 4 heteroatoms. The molecule has 1 aromatic carbocycles. The van der Waals surface area contributed by atoms with Crippen molar-refractivity contribution in [2.75, 3.05) is 5.32 Å². The second-order valence-corrected chi connectivity index (χ2v) is 3.76. The van der Waals surface area contributed by atoms with Crippen LogP contribution < -0.4 is 10.6 Å². The Hall–Kier alpha value is -1.81. The number of nitrogens with zero attached hydrogens (tertiary/aromatic N) is 2. The maximum absolute atomic E-state index is 4.26. The van der Waals surface area contributed by atoms with Crippen molar-refractivity contribution < 1.29 is 5.32 Å². The molecule has 0 fully saturated rings. The highest BCUT2D eigenvalue weighted by atomic mass is 15.3. The van der Waals surface area contributed by atoms with E-state index in [1.54, 1.807) is 0 Å². The zero-order valence-electron chi connectivity index (χ0n) is 8.57. The second-order valence-electron chi connectivity index (χ2n) is 3.76. The van der Waals surface area contributed by atoms with Crippen molar-refractivity contribution in [1.29, 1.82) is 0 Å². The summed E-state index contributed by atoms with van der Waals surface area (Å²) < 4.78 is 1.92. The van der Waals surface area contributed by atoms with Crippen LogP contribution in [0.4, 0.5) is 17.2 Å². The molecule has 3 rings (SSSR count). The van der Waals surface area contributed by atoms with Crippen LogP contribution in [0.1, 0.15) is 5.56 Å². The van der Waals surface area contributed by atoms with E-state index in [1.807, 2.05) is 24.0 Å². The first-order valence-electron chi connectivity index (χ1n) is 5.03. The summed E-state index contributed by atoms with van der Waals surface area (Å²) in [5.41, 5.74) is 3.65. The summed E-state index contributed by atoms with van der Waals surface area (Å²) in [6.45, 7) is 0.844. The second kappa shape index (κ2) is 3.10. The SMILES string of the molecule is Cn1ncc2c1[NH2+]c1ccccc1NC2. The first-order valence-corrected chi connectivity index (χ1v) is 5.03. The van der Waals surface area contributed by atoms with Crippen LogP contribution in [0, 0.1) is 0 Å². The number of aromatic nitrogens is 2. The van der Waals surface area contributed by atoms with Gasteiger partial charge in [0.15, 0.2) is 5.69 Å². The summed E-state index contributed by atoms with van der Waals surface area (Å²) in [6.07, 6.45) is 1.92. The van der Waals surface area contributed by atoms with Crippen LogP contribution in [-0.4, -0.2) is 9.78 Å². The van der Waals surface area contributed by atoms with Gasteiger partial charge in [0.1, 0.15) is 0 Å². The quantitative estimate of drug-likeness (QED) is 0.621. The normalized spacial score (nSPS) is 13.7. The lowest BCUT2D eigenvalue weighted by Gasteiger charge is -2.03. The Morgan fingerprint density at radius 2 is 2.27 bits per heavy atom. The molecule has 4 nitrogen and oxygen atoms in total. The fraction of sp³-hybridized carbons (Fsp3) is 0.182. The van der Waals surface area contributed by atoms with Crippen LogP contribution in [0.3, 0.4) is 0 Å². The highest BCUT2D eigenvalue weighted by Gasteiger charge is 2.19. The van der Waals surface area contributed by atoms with Gasteiger partial charge in [0, 0.05) is 19.7 Å². The number of hydrogen-bond donors (Lipinski definition) is 2. The summed E-state index contributed by atoms with van der Waals surface area (Å²) in [7, 11) is 1.98. The van der Waals surface area contributed by atoms with Gasteiger partial charge in [-0.3, -0.25) is 5.32 Å². The standard InChI is InChI=1S/C11H12N4/c1-15-11-8(7-13-15)6-12-9-4-2-3-5-10(9)14-11/h2-5,7,12,14H,6H2,1H3/p+1. The molecule has 0 amide bonds. The molecule has 0 aliphatic carbocycles. The molecule has 2 heterocycles. The van der Waals surface area contributed by atoms with Gasteiger partial charge in [-0.15, -0.1) is 0 Å². The van der Waals surface area contributed by atoms with Crippen molar-refractivity contribution in [2.24, 2.45) is 7.05 Å². The number of hydrogen-bond acceptors (Lipinski definition) is 2. The lowest BCUT2D eigenvalue weighted by molar-refractivity contribution is -0.484. The van der Waals surface area contributed by atoms with Gasteiger partial charge >= 0.3 is 0 Å². The summed E-state index contributed by atoms with van der Waals surface area (Å²) in [4.78, 5) is 0. The fourth-order valence-electron chi connectivity index (χ4n) is 1.94. The van der Waals surface area contributed by atoms with Gasteiger partial charge in [0.25, 0.3) is 0 Å². The Morgan fingerprint density at radius 3 is 3.20 bits per heavy atom. The Kier molecular flexibility index (Phi) is 1.76. The minimum Gasteiger partial charge on any atom is -0.376 e. The molecule has 15 heavy (non-hydrogen) atoms. The van der Waals surface area contributed by atoms with Gasteiger partial charge in [0.2, 0.25) is 5.82 Å². The number of nitrogens with one attached hydrogen (secondary N) is 1. The minimum absolute atomic E-state index is 0.844. The summed E-state index contributed by atoms with van der Waals surface area (Å²) in [5.74, 6) is 1.19. The van der Waals surface area contributed by atoms with E-state index in [4.69, 9.17) is 0 Å². The van der Waals surface area contributed by atoms with E-state index in [-0.39, 0.29) is 0 Å². The van der Waals surface area contributed by atoms with Crippen molar-refractivity contribution in [2.45, 2.75) is 6.54 Å². The molecule has 76 valence electrons. The van der Waals surface area contributed by atoms with Crippen molar-refractivity contribution in [3.8, 4) is 0 Å². The van der Waals surface area contributed by atoms with E-state index in [1.165, 1.54) is 22.8 Å². The van der Waals surface area contributed by atoms with E-state index >= 15 is 0 Å². The molecule has 3 N–H and O–H groups in total. The largest absolute Gasteiger partial charge is 0.376 e. The van der Waals surface area contributed by atoms with E-state index < -0.39 is 0 Å². The average Bonchev–Trinajstić information content (AvgIpc) is 2.51. The lowest BCUT2D eigenvalue weighted by atomic mass is 10.2. The number of quaternary nitrogens is 1. The molecular formula is C11H13N4+. The van der Waals surface area contributed by atoms with E-state index in [0.717, 1.165) is 6.54 Å². The molecule has 0 saturated heterocycles. The van der Waals surface area contributed by atoms with Gasteiger partial charge in [-0.1, -0.05) is 12.1 Å². The first-order chi connectivity index (χ1) is 7.34. The van der Waals surface area contributed by atoms with Crippen LogP contribution in [0.25, 0.3) is 0 Å². The fourth-order valence-corrected chi connectivity index (χ4v) is 1.94. The van der Waals surface area contributed by atoms with E-state index in [2.05, 4.69) is 33.9 Å². The first kappa shape index (κ1) is 8.49. The van der Waals surface area contributed by atoms with Crippen molar-refractivity contribution in [3.05, 3.63) is 36.0 Å². The summed E-state index contributed by atoms with van der Waals surface area (Å²) in [5, 5.41) is 9.85. The maximum atomic E-state index is 4.26. The van der Waals surface area contributed by atoms with Crippen molar-refractivity contribution in [3.63, 3.8) is 0 Å². The summed E-state index contributed by atoms with van der Waals surface area (Å²) >= 11 is 0. The molecule has 0 unspecified atom stereocenters. The van der Waals surface area contributed by atoms with Gasteiger partial charge in [-0.05, 0) is 6.07 Å². The predicted octanol–water partition coefficient (Wildman–Crippen LogP) is 0.872. The Labute approximate surface area is 87.9 Å². The lowest BCUT2D eigenvalue weighted by Crippen LogP contribution is -2.72. The highest BCUT2D eigenvalue weighted by molar-refractivity contribution is 5.63. The Bertz CT molecular complexity index is 501. The minimum atomic E-state index is 0.844. The molecular weight excluding hydrogens is 188 g/mol.